The van der Waals surface area contributed by atoms with Gasteiger partial charge < -0.3 is 10.1 Å². The van der Waals surface area contributed by atoms with Crippen LogP contribution >= 0.6 is 0 Å². The highest BCUT2D eigenvalue weighted by molar-refractivity contribution is 5.77. The molecule has 0 aliphatic heterocycles. The molecule has 1 saturated carbocycles. The number of rotatable bonds is 7. The number of pyridine rings is 1. The number of hydrogen-bond donors (Lipinski definition) is 1. The minimum Gasteiger partial charge on any atom is -0.484 e. The molecule has 1 amide bonds. The second kappa shape index (κ2) is 8.90. The van der Waals surface area contributed by atoms with Gasteiger partial charge in [-0.05, 0) is 55.7 Å². The summed E-state index contributed by atoms with van der Waals surface area (Å²) >= 11 is 0. The number of carbonyl (C=O) groups excluding carboxylic acids is 1. The van der Waals surface area contributed by atoms with Gasteiger partial charge in [0.25, 0.3) is 5.91 Å². The average Bonchev–Trinajstić information content (AvgIpc) is 3.41. The summed E-state index contributed by atoms with van der Waals surface area (Å²) in [6, 6.07) is 14.2. The summed E-state index contributed by atoms with van der Waals surface area (Å²) in [5, 5.41) is 7.73. The molecule has 6 nitrogen and oxygen atoms in total. The van der Waals surface area contributed by atoms with E-state index in [1.54, 1.807) is 12.4 Å². The van der Waals surface area contributed by atoms with Crippen molar-refractivity contribution < 1.29 is 9.53 Å². The number of nitrogens with zero attached hydrogens (tertiary/aromatic N) is 3. The molecular formula is C23H26N4O2. The van der Waals surface area contributed by atoms with Gasteiger partial charge in [-0.1, -0.05) is 25.0 Å². The van der Waals surface area contributed by atoms with Crippen LogP contribution in [0.25, 0.3) is 11.3 Å². The van der Waals surface area contributed by atoms with E-state index in [9.17, 15) is 4.79 Å². The number of aromatic nitrogens is 3. The maximum absolute atomic E-state index is 12.2. The summed E-state index contributed by atoms with van der Waals surface area (Å²) in [4.78, 5) is 16.3. The first-order valence-corrected chi connectivity index (χ1v) is 10.1. The summed E-state index contributed by atoms with van der Waals surface area (Å²) in [6.45, 7) is 2.37. The van der Waals surface area contributed by atoms with Gasteiger partial charge in [-0.25, -0.2) is 0 Å². The quantitative estimate of drug-likeness (QED) is 0.660. The smallest absolute Gasteiger partial charge is 0.258 e. The van der Waals surface area contributed by atoms with Gasteiger partial charge in [0.05, 0.1) is 24.0 Å². The number of benzene rings is 1. The Hall–Kier alpha value is -3.15. The lowest BCUT2D eigenvalue weighted by Gasteiger charge is -2.14. The fraction of sp³-hybridized carbons (Fsp3) is 0.348. The van der Waals surface area contributed by atoms with Gasteiger partial charge in [-0.15, -0.1) is 0 Å². The van der Waals surface area contributed by atoms with E-state index in [0.717, 1.165) is 35.4 Å². The lowest BCUT2D eigenvalue weighted by molar-refractivity contribution is -0.123. The predicted molar refractivity (Wildman–Crippen MR) is 111 cm³/mol. The van der Waals surface area contributed by atoms with Crippen molar-refractivity contribution in [3.05, 3.63) is 66.1 Å². The van der Waals surface area contributed by atoms with Crippen molar-refractivity contribution in [2.45, 2.75) is 45.2 Å². The van der Waals surface area contributed by atoms with E-state index >= 15 is 0 Å². The predicted octanol–water partition coefficient (Wildman–Crippen LogP) is 4.06. The van der Waals surface area contributed by atoms with E-state index in [1.165, 1.54) is 12.8 Å². The van der Waals surface area contributed by atoms with Crippen LogP contribution in [0.3, 0.4) is 0 Å². The lowest BCUT2D eigenvalue weighted by atomic mass is 10.1. The Kier molecular flexibility index (Phi) is 5.89. The maximum atomic E-state index is 12.2. The number of carbonyl (C=O) groups is 1. The molecule has 0 atom stereocenters. The molecule has 0 spiro atoms. The average molecular weight is 390 g/mol. The summed E-state index contributed by atoms with van der Waals surface area (Å²) in [5.74, 6) is 0.540. The molecule has 0 saturated heterocycles. The second-order valence-electron chi connectivity index (χ2n) is 7.52. The normalized spacial score (nSPS) is 14.1. The van der Waals surface area contributed by atoms with Gasteiger partial charge in [0, 0.05) is 18.0 Å². The molecule has 150 valence electrons. The third-order valence-corrected chi connectivity index (χ3v) is 5.26. The van der Waals surface area contributed by atoms with Crippen molar-refractivity contribution in [1.82, 2.24) is 20.1 Å². The van der Waals surface area contributed by atoms with E-state index in [0.29, 0.717) is 18.3 Å². The highest BCUT2D eigenvalue weighted by atomic mass is 16.5. The summed E-state index contributed by atoms with van der Waals surface area (Å²) < 4.78 is 7.70. The number of hydrogen-bond acceptors (Lipinski definition) is 4. The van der Waals surface area contributed by atoms with E-state index in [-0.39, 0.29) is 12.5 Å². The lowest BCUT2D eigenvalue weighted by Crippen LogP contribution is -2.28. The molecule has 1 fully saturated rings. The van der Waals surface area contributed by atoms with E-state index in [2.05, 4.69) is 21.0 Å². The van der Waals surface area contributed by atoms with Gasteiger partial charge in [0.1, 0.15) is 5.75 Å². The van der Waals surface area contributed by atoms with Crippen LogP contribution in [0.4, 0.5) is 0 Å². The molecule has 6 heteroatoms. The van der Waals surface area contributed by atoms with Crippen molar-refractivity contribution in [3.63, 3.8) is 0 Å². The Bertz CT molecular complexity index is 962. The molecule has 2 aromatic heterocycles. The molecule has 0 radical (unpaired) electrons. The van der Waals surface area contributed by atoms with Crippen LogP contribution < -0.4 is 10.1 Å². The largest absolute Gasteiger partial charge is 0.484 e. The minimum atomic E-state index is -0.160. The van der Waals surface area contributed by atoms with Gasteiger partial charge in [-0.3, -0.25) is 14.5 Å². The molecule has 1 N–H and O–H groups in total. The van der Waals surface area contributed by atoms with Crippen molar-refractivity contribution in [3.8, 4) is 17.0 Å². The first-order valence-electron chi connectivity index (χ1n) is 10.1. The number of amides is 1. The topological polar surface area (TPSA) is 69.0 Å². The maximum Gasteiger partial charge on any atom is 0.258 e. The molecule has 4 rings (SSSR count). The summed E-state index contributed by atoms with van der Waals surface area (Å²) in [7, 11) is 0. The second-order valence-corrected chi connectivity index (χ2v) is 7.52. The van der Waals surface area contributed by atoms with Gasteiger partial charge in [0.2, 0.25) is 0 Å². The van der Waals surface area contributed by atoms with Crippen LogP contribution in [-0.4, -0.2) is 27.3 Å². The zero-order chi connectivity index (χ0) is 20.1. The molecule has 1 aromatic carbocycles. The Morgan fingerprint density at radius 1 is 1.17 bits per heavy atom. The van der Waals surface area contributed by atoms with Crippen LogP contribution in [0.1, 0.15) is 43.0 Å². The molecule has 1 aliphatic carbocycles. The number of aryl methyl sites for hydroxylation is 1. The van der Waals surface area contributed by atoms with Crippen LogP contribution in [-0.2, 0) is 11.3 Å². The standard InChI is InChI=1S/C23H26N4O2/c1-17-5-4-8-21(13-17)29-16-23(28)25-15-19-14-22(18-9-11-24-12-10-18)27(26-19)20-6-2-3-7-20/h4-5,8-14,20H,2-3,6-7,15-16H2,1H3,(H,25,28). The van der Waals surface area contributed by atoms with Crippen LogP contribution in [0, 0.1) is 6.92 Å². The number of nitrogens with one attached hydrogen (secondary N) is 1. The van der Waals surface area contributed by atoms with Crippen LogP contribution in [0.5, 0.6) is 5.75 Å². The zero-order valence-electron chi connectivity index (χ0n) is 16.7. The van der Waals surface area contributed by atoms with Crippen molar-refractivity contribution in [1.29, 1.82) is 0 Å². The Morgan fingerprint density at radius 3 is 2.72 bits per heavy atom. The minimum absolute atomic E-state index is 0.00992. The SMILES string of the molecule is Cc1cccc(OCC(=O)NCc2cc(-c3ccncc3)n(C3CCCC3)n2)c1. The van der Waals surface area contributed by atoms with Gasteiger partial charge in [0.15, 0.2) is 6.61 Å². The van der Waals surface area contributed by atoms with Crippen molar-refractivity contribution >= 4 is 5.91 Å². The van der Waals surface area contributed by atoms with Crippen LogP contribution in [0.15, 0.2) is 54.9 Å². The zero-order valence-corrected chi connectivity index (χ0v) is 16.7. The Morgan fingerprint density at radius 2 is 1.97 bits per heavy atom. The molecule has 0 unspecified atom stereocenters. The molecule has 3 aromatic rings. The van der Waals surface area contributed by atoms with E-state index < -0.39 is 0 Å². The Balaban J connectivity index is 1.41. The summed E-state index contributed by atoms with van der Waals surface area (Å²) in [5.41, 5.74) is 4.14. The van der Waals surface area contributed by atoms with Crippen LogP contribution in [0.2, 0.25) is 0 Å². The van der Waals surface area contributed by atoms with E-state index in [4.69, 9.17) is 9.84 Å². The van der Waals surface area contributed by atoms with Crippen molar-refractivity contribution in [2.75, 3.05) is 6.61 Å². The third kappa shape index (κ3) is 4.83. The fourth-order valence-corrected chi connectivity index (χ4v) is 3.79. The highest BCUT2D eigenvalue weighted by Crippen LogP contribution is 2.33. The highest BCUT2D eigenvalue weighted by Gasteiger charge is 2.22. The van der Waals surface area contributed by atoms with Gasteiger partial charge >= 0.3 is 0 Å². The first kappa shape index (κ1) is 19.2. The molecule has 29 heavy (non-hydrogen) atoms. The Labute approximate surface area is 170 Å². The monoisotopic (exact) mass is 390 g/mol. The number of ether oxygens (including phenoxy) is 1. The molecule has 1 aliphatic rings. The summed E-state index contributed by atoms with van der Waals surface area (Å²) in [6.07, 6.45) is 8.37. The van der Waals surface area contributed by atoms with Crippen molar-refractivity contribution in [2.24, 2.45) is 0 Å². The third-order valence-electron chi connectivity index (χ3n) is 5.26. The molecule has 2 heterocycles. The fourth-order valence-electron chi connectivity index (χ4n) is 3.79. The van der Waals surface area contributed by atoms with Gasteiger partial charge in [-0.2, -0.15) is 5.10 Å². The first-order chi connectivity index (χ1) is 14.2. The molecule has 0 bridgehead atoms. The molecular weight excluding hydrogens is 364 g/mol. The van der Waals surface area contributed by atoms with E-state index in [1.807, 2.05) is 43.3 Å².